The number of hydrogen-bond acceptors (Lipinski definition) is 9. The summed E-state index contributed by atoms with van der Waals surface area (Å²) >= 11 is 5.97. The molecule has 0 radical (unpaired) electrons. The van der Waals surface area contributed by atoms with Crippen molar-refractivity contribution in [2.45, 2.75) is 19.4 Å². The van der Waals surface area contributed by atoms with Crippen molar-refractivity contribution in [3.63, 3.8) is 0 Å². The van der Waals surface area contributed by atoms with Crippen LogP contribution >= 0.6 is 11.6 Å². The number of ether oxygens (including phenoxy) is 1. The first-order valence-corrected chi connectivity index (χ1v) is 9.12. The van der Waals surface area contributed by atoms with Crippen molar-refractivity contribution < 1.29 is 14.2 Å². The highest BCUT2D eigenvalue weighted by Gasteiger charge is 2.20. The lowest BCUT2D eigenvalue weighted by Crippen LogP contribution is -2.29. The normalized spacial score (nSPS) is 11.4. The van der Waals surface area contributed by atoms with E-state index in [0.717, 1.165) is 15.4 Å². The molecule has 0 aliphatic rings. The Balaban J connectivity index is 2.06. The quantitative estimate of drug-likeness (QED) is 0.501. The number of nitrogens with one attached hydrogen (secondary N) is 2. The summed E-state index contributed by atoms with van der Waals surface area (Å²) in [6.07, 6.45) is 1.36. The smallest absolute Gasteiger partial charge is 0.368 e. The zero-order valence-corrected chi connectivity index (χ0v) is 17.4. The fraction of sp³-hybridized carbons (Fsp3) is 0.353. The van der Waals surface area contributed by atoms with Gasteiger partial charge in [-0.2, -0.15) is 14.3 Å². The number of aromatic nitrogens is 6. The van der Waals surface area contributed by atoms with Crippen molar-refractivity contribution in [3.8, 4) is 11.4 Å². The second-order valence-electron chi connectivity index (χ2n) is 6.96. The van der Waals surface area contributed by atoms with Gasteiger partial charge in [0.15, 0.2) is 5.82 Å². The summed E-state index contributed by atoms with van der Waals surface area (Å²) in [6.45, 7) is 2.92. The van der Waals surface area contributed by atoms with Crippen molar-refractivity contribution in [3.05, 3.63) is 39.7 Å². The molecule has 0 unspecified atom stereocenters. The van der Waals surface area contributed by atoms with E-state index in [1.54, 1.807) is 7.05 Å². The molecule has 0 aliphatic heterocycles. The minimum Gasteiger partial charge on any atom is -0.488 e. The molecule has 0 saturated carbocycles. The highest BCUT2D eigenvalue weighted by Crippen LogP contribution is 2.31. The number of benzene rings is 1. The summed E-state index contributed by atoms with van der Waals surface area (Å²) in [4.78, 5) is 20.5. The Morgan fingerprint density at radius 1 is 1.33 bits per heavy atom. The number of aryl methyl sites for hydroxylation is 1. The third kappa shape index (κ3) is 4.66. The van der Waals surface area contributed by atoms with E-state index in [2.05, 4.69) is 31.0 Å². The predicted molar refractivity (Wildman–Crippen MR) is 108 cm³/mol. The Morgan fingerprint density at radius 2 is 2.07 bits per heavy atom. The number of tetrazole rings is 1. The highest BCUT2D eigenvalue weighted by molar-refractivity contribution is 6.32. The van der Waals surface area contributed by atoms with Gasteiger partial charge in [-0.15, -0.1) is 0 Å². The fourth-order valence-electron chi connectivity index (χ4n) is 2.36. The number of anilines is 3. The number of aliphatic hydroxyl groups is 1. The molecule has 0 atom stereocenters. The third-order valence-corrected chi connectivity index (χ3v) is 4.08. The molecule has 0 bridgehead atoms. The van der Waals surface area contributed by atoms with E-state index in [1.165, 1.54) is 33.2 Å². The molecule has 3 rings (SSSR count). The van der Waals surface area contributed by atoms with Gasteiger partial charge in [-0.25, -0.2) is 14.2 Å². The first-order chi connectivity index (χ1) is 14.1. The lowest BCUT2D eigenvalue weighted by Gasteiger charge is -2.20. The summed E-state index contributed by atoms with van der Waals surface area (Å²) in [6, 6.07) is 2.38. The van der Waals surface area contributed by atoms with Gasteiger partial charge >= 0.3 is 5.69 Å². The van der Waals surface area contributed by atoms with Gasteiger partial charge in [0.1, 0.15) is 28.9 Å². The zero-order chi connectivity index (χ0) is 22.1. The number of halogens is 2. The maximum absolute atomic E-state index is 14.8. The molecule has 0 fully saturated rings. The topological polar surface area (TPSA) is 132 Å². The first-order valence-electron chi connectivity index (χ1n) is 8.74. The van der Waals surface area contributed by atoms with E-state index in [1.807, 2.05) is 0 Å². The molecule has 3 N–H and O–H groups in total. The molecule has 160 valence electrons. The van der Waals surface area contributed by atoms with Gasteiger partial charge in [-0.05, 0) is 30.3 Å². The average Bonchev–Trinajstić information content (AvgIpc) is 3.01. The van der Waals surface area contributed by atoms with Crippen LogP contribution in [-0.2, 0) is 7.05 Å². The number of nitrogens with zero attached hydrogens (tertiary/aromatic N) is 6. The summed E-state index contributed by atoms with van der Waals surface area (Å²) in [7, 11) is 3.05. The molecule has 30 heavy (non-hydrogen) atoms. The standard InChI is InChI=1S/C17H20ClFN8O3/c1-17(2,29)8-30-13-5-10(19)11(6-12(13)27-16(28)26(4)24-25-27)22-15-21-7-9(18)14(20-3)23-15/h5-7,29H,8H2,1-4H3,(H2,20,21,22,23). The summed E-state index contributed by atoms with van der Waals surface area (Å²) in [5, 5.41) is 23.2. The molecule has 2 aromatic heterocycles. The molecular formula is C17H20ClFN8O3. The van der Waals surface area contributed by atoms with E-state index in [4.69, 9.17) is 16.3 Å². The van der Waals surface area contributed by atoms with E-state index in [-0.39, 0.29) is 29.7 Å². The van der Waals surface area contributed by atoms with Gasteiger partial charge in [0.05, 0.1) is 17.5 Å². The Morgan fingerprint density at radius 3 is 2.67 bits per heavy atom. The molecule has 1 aromatic carbocycles. The van der Waals surface area contributed by atoms with E-state index < -0.39 is 17.1 Å². The van der Waals surface area contributed by atoms with E-state index in [9.17, 15) is 14.3 Å². The molecular weight excluding hydrogens is 419 g/mol. The molecule has 11 nitrogen and oxygen atoms in total. The minimum atomic E-state index is -1.18. The van der Waals surface area contributed by atoms with Crippen LogP contribution < -0.4 is 21.1 Å². The Bertz CT molecular complexity index is 1130. The fourth-order valence-corrected chi connectivity index (χ4v) is 2.55. The second-order valence-corrected chi connectivity index (χ2v) is 7.37. The monoisotopic (exact) mass is 438 g/mol. The van der Waals surface area contributed by atoms with Gasteiger partial charge in [-0.3, -0.25) is 0 Å². The summed E-state index contributed by atoms with van der Waals surface area (Å²) in [5.41, 5.74) is -1.67. The molecule has 2 heterocycles. The molecule has 0 aliphatic carbocycles. The summed E-state index contributed by atoms with van der Waals surface area (Å²) < 4.78 is 22.3. The van der Waals surface area contributed by atoms with Crippen LogP contribution in [0.3, 0.4) is 0 Å². The molecule has 0 amide bonds. The van der Waals surface area contributed by atoms with Crippen LogP contribution in [0.5, 0.6) is 5.75 Å². The van der Waals surface area contributed by atoms with Gasteiger partial charge in [0.25, 0.3) is 0 Å². The van der Waals surface area contributed by atoms with Crippen LogP contribution in [0.15, 0.2) is 23.1 Å². The largest absolute Gasteiger partial charge is 0.488 e. The van der Waals surface area contributed by atoms with Crippen LogP contribution in [0.2, 0.25) is 5.02 Å². The predicted octanol–water partition coefficient (Wildman–Crippen LogP) is 1.48. The molecule has 3 aromatic rings. The molecule has 0 spiro atoms. The first kappa shape index (κ1) is 21.5. The Labute approximate surface area is 175 Å². The number of rotatable bonds is 7. The third-order valence-electron chi connectivity index (χ3n) is 3.81. The van der Waals surface area contributed by atoms with Gasteiger partial charge in [-0.1, -0.05) is 11.6 Å². The van der Waals surface area contributed by atoms with Gasteiger partial charge in [0.2, 0.25) is 5.95 Å². The van der Waals surface area contributed by atoms with Crippen molar-refractivity contribution in [1.82, 2.24) is 29.8 Å². The van der Waals surface area contributed by atoms with Crippen LogP contribution in [0.25, 0.3) is 5.69 Å². The average molecular weight is 439 g/mol. The lowest BCUT2D eigenvalue weighted by atomic mass is 10.1. The maximum Gasteiger partial charge on any atom is 0.368 e. The van der Waals surface area contributed by atoms with Crippen LogP contribution in [0.1, 0.15) is 13.8 Å². The second kappa shape index (κ2) is 8.24. The van der Waals surface area contributed by atoms with Crippen LogP contribution in [0.4, 0.5) is 21.8 Å². The zero-order valence-electron chi connectivity index (χ0n) is 16.6. The van der Waals surface area contributed by atoms with Crippen molar-refractivity contribution in [2.75, 3.05) is 24.3 Å². The molecule has 13 heteroatoms. The maximum atomic E-state index is 14.8. The van der Waals surface area contributed by atoms with Crippen molar-refractivity contribution >= 4 is 29.1 Å². The van der Waals surface area contributed by atoms with Crippen LogP contribution in [-0.4, -0.2) is 54.1 Å². The Hall–Kier alpha value is -3.25. The van der Waals surface area contributed by atoms with Gasteiger partial charge < -0.3 is 20.5 Å². The summed E-state index contributed by atoms with van der Waals surface area (Å²) in [5.74, 6) is -0.281. The highest BCUT2D eigenvalue weighted by atomic mass is 35.5. The minimum absolute atomic E-state index is 0.00397. The van der Waals surface area contributed by atoms with Crippen LogP contribution in [0, 0.1) is 5.82 Å². The Kier molecular flexibility index (Phi) is 5.89. The van der Waals surface area contributed by atoms with E-state index >= 15 is 0 Å². The van der Waals surface area contributed by atoms with Crippen molar-refractivity contribution in [2.24, 2.45) is 7.05 Å². The van der Waals surface area contributed by atoms with Crippen molar-refractivity contribution in [1.29, 1.82) is 0 Å². The SMILES string of the molecule is CNc1nc(Nc2cc(-n3nnn(C)c3=O)c(OCC(C)(C)O)cc2F)ncc1Cl. The van der Waals surface area contributed by atoms with Gasteiger partial charge in [0, 0.05) is 20.2 Å². The van der Waals surface area contributed by atoms with E-state index in [0.29, 0.717) is 10.8 Å². The number of hydrogen-bond donors (Lipinski definition) is 3. The molecule has 0 saturated heterocycles. The lowest BCUT2D eigenvalue weighted by molar-refractivity contribution is 0.0283.